The number of hydrogen-bond donors (Lipinski definition) is 0. The molecule has 1 aromatic heterocycles. The summed E-state index contributed by atoms with van der Waals surface area (Å²) >= 11 is 0. The number of carbonyl (C=O) groups excluding carboxylic acids is 2. The van der Waals surface area contributed by atoms with Crippen LogP contribution in [0.4, 0.5) is 0 Å². The third-order valence-corrected chi connectivity index (χ3v) is 4.77. The summed E-state index contributed by atoms with van der Waals surface area (Å²) in [4.78, 5) is 26.8. The van der Waals surface area contributed by atoms with E-state index in [9.17, 15) is 9.59 Å². The maximum absolute atomic E-state index is 12.6. The van der Waals surface area contributed by atoms with Crippen LogP contribution < -0.4 is 0 Å². The Bertz CT molecular complexity index is 827. The lowest BCUT2D eigenvalue weighted by Gasteiger charge is -2.30. The molecular weight excluding hydrogens is 354 g/mol. The monoisotopic (exact) mass is 385 g/mol. The van der Waals surface area contributed by atoms with Crippen LogP contribution in [0.15, 0.2) is 24.3 Å². The van der Waals surface area contributed by atoms with Crippen LogP contribution in [0.3, 0.4) is 0 Å². The minimum atomic E-state index is -0.508. The van der Waals surface area contributed by atoms with Crippen molar-refractivity contribution in [3.05, 3.63) is 52.3 Å². The molecule has 0 atom stereocenters. The molecule has 2 rings (SSSR count). The summed E-state index contributed by atoms with van der Waals surface area (Å²) in [7, 11) is 0. The van der Waals surface area contributed by atoms with Crippen LogP contribution in [0.1, 0.15) is 60.6 Å². The number of carbonyl (C=O) groups is 2. The minimum Gasteiger partial charge on any atom is -0.452 e. The molecular formula is C22H31N3O3. The molecule has 0 aliphatic carbocycles. The lowest BCUT2D eigenvalue weighted by molar-refractivity contribution is -0.138. The number of rotatable bonds is 7. The normalized spacial score (nSPS) is 11.2. The van der Waals surface area contributed by atoms with E-state index in [1.165, 1.54) is 5.56 Å². The number of ether oxygens (including phenoxy) is 1. The van der Waals surface area contributed by atoms with Crippen molar-refractivity contribution in [2.24, 2.45) is 0 Å². The van der Waals surface area contributed by atoms with Crippen molar-refractivity contribution in [2.75, 3.05) is 6.61 Å². The van der Waals surface area contributed by atoms with Gasteiger partial charge >= 0.3 is 5.97 Å². The molecule has 6 nitrogen and oxygen atoms in total. The van der Waals surface area contributed by atoms with E-state index in [2.05, 4.69) is 29.4 Å². The Labute approximate surface area is 167 Å². The zero-order valence-electron chi connectivity index (χ0n) is 17.9. The third-order valence-electron chi connectivity index (χ3n) is 4.77. The highest BCUT2D eigenvalue weighted by molar-refractivity contribution is 5.93. The highest BCUT2D eigenvalue weighted by atomic mass is 16.5. The number of esters is 1. The molecule has 0 unspecified atom stereocenters. The number of nitrogens with zero attached hydrogens (tertiary/aromatic N) is 3. The first-order valence-electron chi connectivity index (χ1n) is 9.69. The Morgan fingerprint density at radius 1 is 1.04 bits per heavy atom. The fourth-order valence-corrected chi connectivity index (χ4v) is 3.46. The maximum Gasteiger partial charge on any atom is 0.342 e. The first kappa shape index (κ1) is 21.7. The van der Waals surface area contributed by atoms with Gasteiger partial charge in [0.1, 0.15) is 5.56 Å². The Morgan fingerprint density at radius 3 is 2.14 bits per heavy atom. The molecule has 2 aromatic rings. The molecule has 0 aliphatic heterocycles. The van der Waals surface area contributed by atoms with E-state index < -0.39 is 5.97 Å². The van der Waals surface area contributed by atoms with E-state index in [1.807, 2.05) is 41.5 Å². The van der Waals surface area contributed by atoms with Crippen molar-refractivity contribution in [1.82, 2.24) is 14.7 Å². The fourth-order valence-electron chi connectivity index (χ4n) is 3.46. The SMILES string of the molecule is Cc1ccc(Cn2nc(C)c(C(=O)OCC(=O)N(C(C)C)C(C)C)c2C)cc1. The first-order chi connectivity index (χ1) is 13.1. The van der Waals surface area contributed by atoms with Gasteiger partial charge in [0.05, 0.1) is 17.9 Å². The van der Waals surface area contributed by atoms with Crippen LogP contribution in [0.2, 0.25) is 0 Å². The Hall–Kier alpha value is -2.63. The molecule has 0 saturated carbocycles. The summed E-state index contributed by atoms with van der Waals surface area (Å²) in [5.74, 6) is -0.702. The molecule has 0 N–H and O–H groups in total. The van der Waals surface area contributed by atoms with Crippen LogP contribution in [0, 0.1) is 20.8 Å². The van der Waals surface area contributed by atoms with Crippen LogP contribution in [-0.4, -0.2) is 45.2 Å². The molecule has 1 aromatic carbocycles. The average molecular weight is 386 g/mol. The fraction of sp³-hybridized carbons (Fsp3) is 0.500. The van der Waals surface area contributed by atoms with Crippen molar-refractivity contribution in [3.63, 3.8) is 0 Å². The van der Waals surface area contributed by atoms with Gasteiger partial charge in [0.25, 0.3) is 5.91 Å². The van der Waals surface area contributed by atoms with Gasteiger partial charge in [-0.2, -0.15) is 5.10 Å². The Balaban J connectivity index is 2.10. The molecule has 0 bridgehead atoms. The van der Waals surface area contributed by atoms with Crippen LogP contribution in [0.25, 0.3) is 0 Å². The van der Waals surface area contributed by atoms with Crippen LogP contribution in [0.5, 0.6) is 0 Å². The van der Waals surface area contributed by atoms with Gasteiger partial charge in [-0.05, 0) is 54.0 Å². The molecule has 1 heterocycles. The van der Waals surface area contributed by atoms with Gasteiger partial charge in [0, 0.05) is 12.1 Å². The van der Waals surface area contributed by atoms with E-state index in [1.54, 1.807) is 16.5 Å². The summed E-state index contributed by atoms with van der Waals surface area (Å²) < 4.78 is 7.13. The lowest BCUT2D eigenvalue weighted by Crippen LogP contribution is -2.44. The topological polar surface area (TPSA) is 64.4 Å². The smallest absolute Gasteiger partial charge is 0.342 e. The van der Waals surface area contributed by atoms with Gasteiger partial charge in [-0.1, -0.05) is 29.8 Å². The van der Waals surface area contributed by atoms with Gasteiger partial charge in [-0.25, -0.2) is 4.79 Å². The standard InChI is InChI=1S/C22H31N3O3/c1-14(2)25(15(3)4)20(26)13-28-22(27)21-17(6)23-24(18(21)7)12-19-10-8-16(5)9-11-19/h8-11,14-15H,12-13H2,1-7H3. The van der Waals surface area contributed by atoms with Crippen molar-refractivity contribution < 1.29 is 14.3 Å². The second kappa shape index (κ2) is 9.04. The molecule has 0 aliphatic rings. The van der Waals surface area contributed by atoms with E-state index in [0.29, 0.717) is 17.8 Å². The number of hydrogen-bond acceptors (Lipinski definition) is 4. The number of amides is 1. The number of aryl methyl sites for hydroxylation is 2. The Morgan fingerprint density at radius 2 is 1.61 bits per heavy atom. The maximum atomic E-state index is 12.6. The van der Waals surface area contributed by atoms with E-state index in [-0.39, 0.29) is 24.6 Å². The highest BCUT2D eigenvalue weighted by Crippen LogP contribution is 2.17. The van der Waals surface area contributed by atoms with Gasteiger partial charge in [0.15, 0.2) is 6.61 Å². The van der Waals surface area contributed by atoms with Gasteiger partial charge in [-0.3, -0.25) is 9.48 Å². The zero-order valence-corrected chi connectivity index (χ0v) is 17.9. The molecule has 0 saturated heterocycles. The quantitative estimate of drug-likeness (QED) is 0.683. The summed E-state index contributed by atoms with van der Waals surface area (Å²) in [5.41, 5.74) is 4.07. The number of aromatic nitrogens is 2. The van der Waals surface area contributed by atoms with Gasteiger partial charge < -0.3 is 9.64 Å². The zero-order chi connectivity index (χ0) is 21.0. The summed E-state index contributed by atoms with van der Waals surface area (Å²) in [6.45, 7) is 13.8. The van der Waals surface area contributed by atoms with Gasteiger partial charge in [-0.15, -0.1) is 0 Å². The van der Waals surface area contributed by atoms with Crippen LogP contribution >= 0.6 is 0 Å². The first-order valence-corrected chi connectivity index (χ1v) is 9.69. The molecule has 28 heavy (non-hydrogen) atoms. The van der Waals surface area contributed by atoms with Crippen molar-refractivity contribution in [2.45, 2.75) is 67.1 Å². The molecule has 152 valence electrons. The van der Waals surface area contributed by atoms with E-state index in [4.69, 9.17) is 4.74 Å². The van der Waals surface area contributed by atoms with E-state index >= 15 is 0 Å². The van der Waals surface area contributed by atoms with Crippen molar-refractivity contribution in [3.8, 4) is 0 Å². The average Bonchev–Trinajstić information content (AvgIpc) is 2.88. The van der Waals surface area contributed by atoms with Gasteiger partial charge in [0.2, 0.25) is 0 Å². The lowest BCUT2D eigenvalue weighted by atomic mass is 10.1. The number of benzene rings is 1. The molecule has 6 heteroatoms. The predicted molar refractivity (Wildman–Crippen MR) is 109 cm³/mol. The van der Waals surface area contributed by atoms with Crippen molar-refractivity contribution in [1.29, 1.82) is 0 Å². The van der Waals surface area contributed by atoms with Crippen LogP contribution in [-0.2, 0) is 16.1 Å². The minimum absolute atomic E-state index is 0.0481. The largest absolute Gasteiger partial charge is 0.452 e. The second-order valence-corrected chi connectivity index (χ2v) is 7.75. The Kier molecular flexibility index (Phi) is 7.00. The summed E-state index contributed by atoms with van der Waals surface area (Å²) in [6, 6.07) is 8.30. The van der Waals surface area contributed by atoms with E-state index in [0.717, 1.165) is 11.3 Å². The predicted octanol–water partition coefficient (Wildman–Crippen LogP) is 3.66. The summed E-state index contributed by atoms with van der Waals surface area (Å²) in [6.07, 6.45) is 0. The third kappa shape index (κ3) is 5.00. The van der Waals surface area contributed by atoms with Crippen molar-refractivity contribution >= 4 is 11.9 Å². The highest BCUT2D eigenvalue weighted by Gasteiger charge is 2.24. The molecule has 0 radical (unpaired) electrons. The summed E-state index contributed by atoms with van der Waals surface area (Å²) in [5, 5.41) is 4.49. The molecule has 0 spiro atoms. The second-order valence-electron chi connectivity index (χ2n) is 7.75. The molecule has 1 amide bonds. The molecule has 0 fully saturated rings.